The van der Waals surface area contributed by atoms with E-state index in [2.05, 4.69) is 5.43 Å². The van der Waals surface area contributed by atoms with Crippen LogP contribution in [-0.4, -0.2) is 23.4 Å². The van der Waals surface area contributed by atoms with Gasteiger partial charge in [0.25, 0.3) is 11.5 Å². The zero-order chi connectivity index (χ0) is 17.5. The molecule has 2 aromatic rings. The van der Waals surface area contributed by atoms with Crippen molar-refractivity contribution in [3.63, 3.8) is 0 Å². The van der Waals surface area contributed by atoms with Gasteiger partial charge in [0, 0.05) is 24.6 Å². The fraction of sp³-hybridized carbons (Fsp3) is 0.118. The van der Waals surface area contributed by atoms with E-state index < -0.39 is 17.6 Å². The lowest BCUT2D eigenvalue weighted by Gasteiger charge is -2.05. The van der Waals surface area contributed by atoms with Gasteiger partial charge in [0.1, 0.15) is 0 Å². The Kier molecular flexibility index (Phi) is 5.51. The Morgan fingerprint density at radius 1 is 0.917 bits per heavy atom. The van der Waals surface area contributed by atoms with Gasteiger partial charge < -0.3 is 0 Å². The number of benzene rings is 1. The summed E-state index contributed by atoms with van der Waals surface area (Å²) in [7, 11) is 0. The Hall–Kier alpha value is -3.35. The van der Waals surface area contributed by atoms with Gasteiger partial charge in [-0.25, -0.2) is 0 Å². The molecule has 0 aliphatic rings. The third-order valence-electron chi connectivity index (χ3n) is 3.16. The molecule has 0 radical (unpaired) electrons. The van der Waals surface area contributed by atoms with Gasteiger partial charge in [-0.3, -0.25) is 30.0 Å². The number of carbonyl (C=O) groups is 4. The van der Waals surface area contributed by atoms with Gasteiger partial charge in [0.15, 0.2) is 6.20 Å². The normalized spacial score (nSPS) is 9.88. The average molecular weight is 326 g/mol. The molecule has 2 N–H and O–H groups in total. The van der Waals surface area contributed by atoms with E-state index in [1.807, 2.05) is 5.43 Å². The maximum absolute atomic E-state index is 12.5. The fourth-order valence-corrected chi connectivity index (χ4v) is 1.97. The minimum atomic E-state index is -0.915. The molecule has 0 saturated heterocycles. The van der Waals surface area contributed by atoms with Crippen LogP contribution in [0.3, 0.4) is 0 Å². The first kappa shape index (κ1) is 17.0. The van der Waals surface area contributed by atoms with Crippen LogP contribution in [0.5, 0.6) is 0 Å². The van der Waals surface area contributed by atoms with Crippen molar-refractivity contribution in [2.24, 2.45) is 0 Å². The molecule has 2 amide bonds. The first-order valence-corrected chi connectivity index (χ1v) is 7.17. The first-order valence-electron chi connectivity index (χ1n) is 7.17. The summed E-state index contributed by atoms with van der Waals surface area (Å²) in [6.07, 6.45) is 1.59. The predicted molar refractivity (Wildman–Crippen MR) is 83.5 cm³/mol. The average Bonchev–Trinajstić information content (AvgIpc) is 2.60. The van der Waals surface area contributed by atoms with Crippen molar-refractivity contribution in [1.82, 2.24) is 10.9 Å². The number of hydrogen-bond acceptors (Lipinski definition) is 4. The largest absolute Gasteiger partial charge is 0.305 e. The molecular weight excluding hydrogens is 310 g/mol. The van der Waals surface area contributed by atoms with Gasteiger partial charge in [0.05, 0.1) is 0 Å². The smallest absolute Gasteiger partial charge is 0.289 e. The quantitative estimate of drug-likeness (QED) is 0.348. The third kappa shape index (κ3) is 4.33. The highest BCUT2D eigenvalue weighted by Gasteiger charge is 2.22. The number of rotatable bonds is 5. The van der Waals surface area contributed by atoms with Crippen LogP contribution in [0.25, 0.3) is 0 Å². The molecule has 7 nitrogen and oxygen atoms in total. The van der Waals surface area contributed by atoms with E-state index in [4.69, 9.17) is 0 Å². The number of amides is 2. The van der Waals surface area contributed by atoms with Crippen LogP contribution in [-0.2, 0) is 20.9 Å². The van der Waals surface area contributed by atoms with Crippen LogP contribution in [0.4, 0.5) is 0 Å². The van der Waals surface area contributed by atoms with E-state index in [9.17, 15) is 19.2 Å². The lowest BCUT2D eigenvalue weighted by atomic mass is 10.1. The predicted octanol–water partition coefficient (Wildman–Crippen LogP) is -0.0585. The number of ketones is 2. The number of hydrazine groups is 1. The molecule has 1 aromatic carbocycles. The summed E-state index contributed by atoms with van der Waals surface area (Å²) >= 11 is 0. The van der Waals surface area contributed by atoms with E-state index in [0.29, 0.717) is 11.3 Å². The molecule has 0 spiro atoms. The summed E-state index contributed by atoms with van der Waals surface area (Å²) in [6.45, 7) is 0.900. The van der Waals surface area contributed by atoms with Gasteiger partial charge >= 0.3 is 11.8 Å². The summed E-state index contributed by atoms with van der Waals surface area (Å²) in [6, 6.07) is 13.7. The summed E-state index contributed by atoms with van der Waals surface area (Å²) in [5.74, 6) is -2.43. The van der Waals surface area contributed by atoms with Crippen LogP contribution >= 0.6 is 0 Å². The highest BCUT2D eigenvalue weighted by atomic mass is 16.2. The van der Waals surface area contributed by atoms with Crippen molar-refractivity contribution in [3.8, 4) is 0 Å². The monoisotopic (exact) mass is 326 g/mol. The molecule has 2 rings (SSSR count). The van der Waals surface area contributed by atoms with Crippen molar-refractivity contribution in [3.05, 3.63) is 66.0 Å². The van der Waals surface area contributed by atoms with Gasteiger partial charge in [-0.05, 0) is 6.07 Å². The number of hydrogen-bond donors (Lipinski definition) is 2. The second kappa shape index (κ2) is 7.77. The fourth-order valence-electron chi connectivity index (χ4n) is 1.97. The van der Waals surface area contributed by atoms with E-state index in [1.54, 1.807) is 54.7 Å². The van der Waals surface area contributed by atoms with Crippen LogP contribution in [0.15, 0.2) is 54.7 Å². The Bertz CT molecular complexity index is 787. The second-order valence-electron chi connectivity index (χ2n) is 4.97. The van der Waals surface area contributed by atoms with Crippen LogP contribution in [0.1, 0.15) is 23.0 Å². The van der Waals surface area contributed by atoms with Crippen LogP contribution < -0.4 is 15.4 Å². The molecule has 24 heavy (non-hydrogen) atoms. The molecule has 0 bridgehead atoms. The molecule has 0 aliphatic carbocycles. The molecule has 7 heteroatoms. The number of carbonyl (C=O) groups excluding carboxylic acids is 4. The Morgan fingerprint density at radius 2 is 1.58 bits per heavy atom. The summed E-state index contributed by atoms with van der Waals surface area (Å²) in [4.78, 5) is 46.3. The van der Waals surface area contributed by atoms with E-state index in [-0.39, 0.29) is 12.3 Å². The number of Topliss-reactive ketones (excluding diaryl/α,β-unsaturated/α-hetero) is 1. The second-order valence-corrected chi connectivity index (χ2v) is 4.97. The number of aromatic nitrogens is 1. The number of nitrogens with one attached hydrogen (secondary N) is 2. The van der Waals surface area contributed by atoms with Gasteiger partial charge in [-0.15, -0.1) is 0 Å². The summed E-state index contributed by atoms with van der Waals surface area (Å²) < 4.78 is 1.46. The molecule has 0 atom stereocenters. The van der Waals surface area contributed by atoms with Gasteiger partial charge in [0.2, 0.25) is 12.3 Å². The minimum absolute atomic E-state index is 0.188. The summed E-state index contributed by atoms with van der Waals surface area (Å²) in [5, 5.41) is 0. The molecule has 0 unspecified atom stereocenters. The van der Waals surface area contributed by atoms with E-state index >= 15 is 0 Å². The Balaban J connectivity index is 2.12. The van der Waals surface area contributed by atoms with Gasteiger partial charge in [-0.2, -0.15) is 4.57 Å². The summed E-state index contributed by atoms with van der Waals surface area (Å²) in [5.41, 5.74) is 4.96. The van der Waals surface area contributed by atoms with Crippen LogP contribution in [0.2, 0.25) is 0 Å². The Labute approximate surface area is 138 Å². The van der Waals surface area contributed by atoms with E-state index in [0.717, 1.165) is 6.92 Å². The molecule has 122 valence electrons. The van der Waals surface area contributed by atoms with Crippen molar-refractivity contribution < 1.29 is 23.7 Å². The number of nitrogens with zero attached hydrogens (tertiary/aromatic N) is 1. The van der Waals surface area contributed by atoms with Gasteiger partial charge in [-0.1, -0.05) is 30.3 Å². The Morgan fingerprint density at radius 3 is 2.25 bits per heavy atom. The zero-order valence-corrected chi connectivity index (χ0v) is 13.0. The SMILES string of the molecule is CC(=O)C(=O)NNC(=O)C[n+]1ccccc1C(=O)c1ccccc1. The highest BCUT2D eigenvalue weighted by molar-refractivity contribution is 6.35. The van der Waals surface area contributed by atoms with Crippen molar-refractivity contribution in [2.45, 2.75) is 13.5 Å². The molecule has 1 heterocycles. The molecule has 1 aromatic heterocycles. The van der Waals surface area contributed by atoms with Crippen LogP contribution in [0, 0.1) is 0 Å². The maximum Gasteiger partial charge on any atom is 0.305 e. The molecular formula is C17H16N3O4+. The topological polar surface area (TPSA) is 96.2 Å². The molecule has 0 saturated carbocycles. The highest BCUT2D eigenvalue weighted by Crippen LogP contribution is 2.05. The van der Waals surface area contributed by atoms with Crippen molar-refractivity contribution in [1.29, 1.82) is 0 Å². The minimum Gasteiger partial charge on any atom is -0.289 e. The third-order valence-corrected chi connectivity index (χ3v) is 3.16. The lowest BCUT2D eigenvalue weighted by molar-refractivity contribution is -0.686. The van der Waals surface area contributed by atoms with Crippen molar-refractivity contribution in [2.75, 3.05) is 0 Å². The van der Waals surface area contributed by atoms with Crippen molar-refractivity contribution >= 4 is 23.4 Å². The molecule has 0 aliphatic heterocycles. The standard InChI is InChI=1S/C17H15N3O4/c1-12(21)17(24)19-18-15(22)11-20-10-6-5-9-14(20)16(23)13-7-3-2-4-8-13/h2-10,23H,11H2,1H3/p+1. The first-order chi connectivity index (χ1) is 11.5. The number of pyridine rings is 1. The lowest BCUT2D eigenvalue weighted by Crippen LogP contribution is -2.52. The molecule has 0 fully saturated rings. The maximum atomic E-state index is 12.5. The zero-order valence-electron chi connectivity index (χ0n) is 13.0. The van der Waals surface area contributed by atoms with E-state index in [1.165, 1.54) is 4.57 Å².